The van der Waals surface area contributed by atoms with Gasteiger partial charge in [0, 0.05) is 26.4 Å². The van der Waals surface area contributed by atoms with E-state index in [0.29, 0.717) is 31.3 Å². The van der Waals surface area contributed by atoms with E-state index in [1.54, 1.807) is 19.4 Å². The first-order valence-corrected chi connectivity index (χ1v) is 6.25. The number of hydrogen-bond acceptors (Lipinski definition) is 6. The van der Waals surface area contributed by atoms with Gasteiger partial charge in [0.15, 0.2) is 0 Å². The molecule has 6 nitrogen and oxygen atoms in total. The number of aliphatic hydroxyl groups is 1. The Bertz CT molecular complexity index is 362. The van der Waals surface area contributed by atoms with Gasteiger partial charge in [-0.1, -0.05) is 13.8 Å². The highest BCUT2D eigenvalue weighted by Gasteiger charge is 2.28. The van der Waals surface area contributed by atoms with Gasteiger partial charge in [0.1, 0.15) is 11.9 Å². The van der Waals surface area contributed by atoms with Crippen molar-refractivity contribution in [1.29, 1.82) is 0 Å². The third kappa shape index (κ3) is 3.54. The maximum Gasteiger partial charge on any atom is 0.227 e. The summed E-state index contributed by atoms with van der Waals surface area (Å²) < 4.78 is 5.21. The Morgan fingerprint density at radius 3 is 2.83 bits per heavy atom. The summed E-state index contributed by atoms with van der Waals surface area (Å²) in [5.74, 6) is 1.04. The van der Waals surface area contributed by atoms with Crippen molar-refractivity contribution in [3.05, 3.63) is 12.3 Å². The Morgan fingerprint density at radius 2 is 2.22 bits per heavy atom. The van der Waals surface area contributed by atoms with Crippen molar-refractivity contribution >= 4 is 11.8 Å². The molecule has 1 aliphatic rings. The second kappa shape index (κ2) is 7.13. The number of nitrogens with zero attached hydrogens (tertiary/aromatic N) is 3. The van der Waals surface area contributed by atoms with Gasteiger partial charge in [0.05, 0.1) is 6.10 Å². The van der Waals surface area contributed by atoms with E-state index in [4.69, 9.17) is 10.5 Å². The topological polar surface area (TPSA) is 84.5 Å². The summed E-state index contributed by atoms with van der Waals surface area (Å²) in [4.78, 5) is 10.3. The molecule has 0 amide bonds. The van der Waals surface area contributed by atoms with Gasteiger partial charge in [-0.15, -0.1) is 0 Å². The molecule has 1 aliphatic heterocycles. The van der Waals surface area contributed by atoms with Crippen molar-refractivity contribution in [2.24, 2.45) is 0 Å². The van der Waals surface area contributed by atoms with Gasteiger partial charge in [-0.05, 0) is 12.5 Å². The highest BCUT2D eigenvalue weighted by molar-refractivity contribution is 5.38. The first kappa shape index (κ1) is 14.7. The predicted octanol–water partition coefficient (Wildman–Crippen LogP) is 0.671. The lowest BCUT2D eigenvalue weighted by molar-refractivity contribution is -0.0208. The molecule has 0 aliphatic carbocycles. The van der Waals surface area contributed by atoms with Crippen molar-refractivity contribution in [1.82, 2.24) is 9.97 Å². The van der Waals surface area contributed by atoms with E-state index in [-0.39, 0.29) is 6.10 Å². The lowest BCUT2D eigenvalue weighted by Gasteiger charge is -2.35. The van der Waals surface area contributed by atoms with E-state index in [9.17, 15) is 5.11 Å². The van der Waals surface area contributed by atoms with Crippen molar-refractivity contribution in [3.63, 3.8) is 0 Å². The Balaban J connectivity index is 0.000000771. The molecular formula is C12H22N4O2. The summed E-state index contributed by atoms with van der Waals surface area (Å²) in [6, 6.07) is 1.65. The summed E-state index contributed by atoms with van der Waals surface area (Å²) in [6.07, 6.45) is 1.67. The number of methoxy groups -OCH3 is 1. The van der Waals surface area contributed by atoms with Crippen LogP contribution in [0.5, 0.6) is 0 Å². The summed E-state index contributed by atoms with van der Waals surface area (Å²) >= 11 is 0. The first-order chi connectivity index (χ1) is 8.70. The van der Waals surface area contributed by atoms with Crippen molar-refractivity contribution < 1.29 is 9.84 Å². The minimum Gasteiger partial charge on any atom is -0.390 e. The van der Waals surface area contributed by atoms with E-state index >= 15 is 0 Å². The Kier molecular flexibility index (Phi) is 5.80. The molecule has 2 unspecified atom stereocenters. The number of hydrogen-bond donors (Lipinski definition) is 2. The quantitative estimate of drug-likeness (QED) is 0.807. The van der Waals surface area contributed by atoms with Crippen LogP contribution in [-0.2, 0) is 4.74 Å². The van der Waals surface area contributed by atoms with Crippen molar-refractivity contribution in [2.45, 2.75) is 32.5 Å². The van der Waals surface area contributed by atoms with Crippen molar-refractivity contribution in [2.75, 3.05) is 30.8 Å². The monoisotopic (exact) mass is 254 g/mol. The molecule has 2 atom stereocenters. The van der Waals surface area contributed by atoms with Crippen LogP contribution in [0.2, 0.25) is 0 Å². The molecule has 102 valence electrons. The minimum atomic E-state index is -0.415. The van der Waals surface area contributed by atoms with Crippen LogP contribution in [0.3, 0.4) is 0 Å². The third-order valence-corrected chi connectivity index (χ3v) is 2.77. The number of aliphatic hydroxyl groups excluding tert-OH is 1. The maximum absolute atomic E-state index is 9.67. The summed E-state index contributed by atoms with van der Waals surface area (Å²) in [7, 11) is 1.59. The fourth-order valence-corrected chi connectivity index (χ4v) is 1.83. The Morgan fingerprint density at radius 1 is 1.50 bits per heavy atom. The SMILES string of the molecule is CC.COC1CN(c2nccc(N)n2)CCC1O. The van der Waals surface area contributed by atoms with Crippen LogP contribution in [-0.4, -0.2) is 47.5 Å². The number of anilines is 2. The van der Waals surface area contributed by atoms with Gasteiger partial charge in [0.25, 0.3) is 0 Å². The highest BCUT2D eigenvalue weighted by Crippen LogP contribution is 2.18. The number of ether oxygens (including phenoxy) is 1. The Labute approximate surface area is 108 Å². The van der Waals surface area contributed by atoms with Gasteiger partial charge in [0.2, 0.25) is 5.95 Å². The molecule has 1 saturated heterocycles. The average Bonchev–Trinajstić information content (AvgIpc) is 2.41. The molecule has 0 saturated carbocycles. The van der Waals surface area contributed by atoms with E-state index in [0.717, 1.165) is 0 Å². The molecule has 1 fully saturated rings. The zero-order valence-electron chi connectivity index (χ0n) is 11.2. The van der Waals surface area contributed by atoms with Crippen LogP contribution in [0, 0.1) is 0 Å². The van der Waals surface area contributed by atoms with Crippen LogP contribution in [0.15, 0.2) is 12.3 Å². The van der Waals surface area contributed by atoms with Crippen LogP contribution in [0.1, 0.15) is 20.3 Å². The van der Waals surface area contributed by atoms with Gasteiger partial charge in [-0.2, -0.15) is 4.98 Å². The summed E-state index contributed by atoms with van der Waals surface area (Å²) in [5, 5.41) is 9.67. The number of rotatable bonds is 2. The van der Waals surface area contributed by atoms with Gasteiger partial charge >= 0.3 is 0 Å². The molecular weight excluding hydrogens is 232 g/mol. The van der Waals surface area contributed by atoms with Crippen LogP contribution in [0.4, 0.5) is 11.8 Å². The summed E-state index contributed by atoms with van der Waals surface area (Å²) in [6.45, 7) is 5.30. The highest BCUT2D eigenvalue weighted by atomic mass is 16.5. The van der Waals surface area contributed by atoms with E-state index in [1.807, 2.05) is 18.7 Å². The lowest BCUT2D eigenvalue weighted by Crippen LogP contribution is -2.48. The molecule has 18 heavy (non-hydrogen) atoms. The van der Waals surface area contributed by atoms with Crippen LogP contribution < -0.4 is 10.6 Å². The second-order valence-electron chi connectivity index (χ2n) is 3.86. The molecule has 2 heterocycles. The zero-order valence-corrected chi connectivity index (χ0v) is 11.2. The predicted molar refractivity (Wildman–Crippen MR) is 71.4 cm³/mol. The second-order valence-corrected chi connectivity index (χ2v) is 3.86. The first-order valence-electron chi connectivity index (χ1n) is 6.25. The fourth-order valence-electron chi connectivity index (χ4n) is 1.83. The number of aromatic nitrogens is 2. The fraction of sp³-hybridized carbons (Fsp3) is 0.667. The zero-order chi connectivity index (χ0) is 13.5. The van der Waals surface area contributed by atoms with Crippen LogP contribution in [0.25, 0.3) is 0 Å². The number of piperidine rings is 1. The maximum atomic E-state index is 9.67. The molecule has 0 aromatic carbocycles. The van der Waals surface area contributed by atoms with E-state index in [2.05, 4.69) is 9.97 Å². The minimum absolute atomic E-state index is 0.196. The van der Waals surface area contributed by atoms with Gasteiger partial charge in [-0.3, -0.25) is 0 Å². The molecule has 2 rings (SSSR count). The lowest BCUT2D eigenvalue weighted by atomic mass is 10.1. The third-order valence-electron chi connectivity index (χ3n) is 2.77. The van der Waals surface area contributed by atoms with Crippen LogP contribution >= 0.6 is 0 Å². The van der Waals surface area contributed by atoms with Gasteiger partial charge < -0.3 is 20.5 Å². The molecule has 6 heteroatoms. The normalized spacial score (nSPS) is 23.2. The smallest absolute Gasteiger partial charge is 0.227 e. The number of nitrogen functional groups attached to an aromatic ring is 1. The molecule has 0 spiro atoms. The standard InChI is InChI=1S/C10H16N4O2.C2H6/c1-16-8-6-14(5-3-7(8)15)10-12-4-2-9(11)13-10;1-2/h2,4,7-8,15H,3,5-6H2,1H3,(H2,11,12,13);1-2H3. The largest absolute Gasteiger partial charge is 0.390 e. The summed E-state index contributed by atoms with van der Waals surface area (Å²) in [5.41, 5.74) is 5.60. The van der Waals surface area contributed by atoms with E-state index in [1.165, 1.54) is 0 Å². The molecule has 0 bridgehead atoms. The molecule has 1 aromatic rings. The van der Waals surface area contributed by atoms with E-state index < -0.39 is 6.10 Å². The van der Waals surface area contributed by atoms with Gasteiger partial charge in [-0.25, -0.2) is 4.98 Å². The molecule has 0 radical (unpaired) electrons. The number of nitrogens with two attached hydrogens (primary N) is 1. The molecule has 1 aromatic heterocycles. The molecule has 3 N–H and O–H groups in total. The Hall–Kier alpha value is -1.40. The van der Waals surface area contributed by atoms with Crippen molar-refractivity contribution in [3.8, 4) is 0 Å². The average molecular weight is 254 g/mol.